The molecule has 0 saturated heterocycles. The highest BCUT2D eigenvalue weighted by molar-refractivity contribution is 7.92. The van der Waals surface area contributed by atoms with Crippen molar-refractivity contribution in [1.82, 2.24) is 4.90 Å². The lowest BCUT2D eigenvalue weighted by molar-refractivity contribution is 0.425. The largest absolute Gasteiger partial charge is 0.384 e. The first kappa shape index (κ1) is 18.7. The maximum absolute atomic E-state index is 12.7. The molecule has 0 aromatic heterocycles. The molecular formula is C20H27N3O2S. The van der Waals surface area contributed by atoms with Crippen LogP contribution in [-0.4, -0.2) is 40.5 Å². The van der Waals surface area contributed by atoms with Gasteiger partial charge in [-0.1, -0.05) is 6.07 Å². The number of hydrogen-bond donors (Lipinski definition) is 2. The third-order valence-electron chi connectivity index (χ3n) is 4.66. The molecule has 140 valence electrons. The molecule has 0 bridgehead atoms. The molecule has 0 amide bonds. The van der Waals surface area contributed by atoms with Gasteiger partial charge in [-0.05, 0) is 87.3 Å². The van der Waals surface area contributed by atoms with Crippen molar-refractivity contribution in [3.63, 3.8) is 0 Å². The monoisotopic (exact) mass is 373 g/mol. The molecule has 0 aliphatic heterocycles. The Hall–Kier alpha value is -2.05. The summed E-state index contributed by atoms with van der Waals surface area (Å²) < 4.78 is 28.1. The summed E-state index contributed by atoms with van der Waals surface area (Å²) in [4.78, 5) is 2.44. The summed E-state index contributed by atoms with van der Waals surface area (Å²) in [5, 5.41) is 3.31. The van der Waals surface area contributed by atoms with E-state index in [1.807, 2.05) is 38.4 Å². The van der Waals surface area contributed by atoms with Crippen molar-refractivity contribution < 1.29 is 8.42 Å². The fourth-order valence-corrected chi connectivity index (χ4v) is 4.28. The van der Waals surface area contributed by atoms with Gasteiger partial charge >= 0.3 is 0 Å². The molecule has 0 atom stereocenters. The minimum atomic E-state index is -3.56. The molecular weight excluding hydrogens is 346 g/mol. The molecule has 2 aromatic carbocycles. The van der Waals surface area contributed by atoms with E-state index in [1.54, 1.807) is 18.2 Å². The minimum absolute atomic E-state index is 0.339. The molecule has 1 aliphatic carbocycles. The van der Waals surface area contributed by atoms with Crippen LogP contribution in [0.25, 0.3) is 0 Å². The van der Waals surface area contributed by atoms with Gasteiger partial charge in [-0.15, -0.1) is 0 Å². The highest BCUT2D eigenvalue weighted by atomic mass is 32.2. The number of likely N-dealkylation sites (N-methyl/N-ethyl adjacent to an activating group) is 1. The molecule has 2 N–H and O–H groups in total. The lowest BCUT2D eigenvalue weighted by Crippen LogP contribution is -2.20. The van der Waals surface area contributed by atoms with Crippen molar-refractivity contribution in [2.75, 3.05) is 37.2 Å². The fraction of sp³-hybridized carbons (Fsp3) is 0.400. The second-order valence-corrected chi connectivity index (χ2v) is 8.73. The van der Waals surface area contributed by atoms with Crippen LogP contribution in [0, 0.1) is 0 Å². The first-order valence-electron chi connectivity index (χ1n) is 9.07. The predicted molar refractivity (Wildman–Crippen MR) is 107 cm³/mol. The van der Waals surface area contributed by atoms with E-state index in [0.717, 1.165) is 38.0 Å². The van der Waals surface area contributed by atoms with Crippen molar-refractivity contribution in [2.45, 2.75) is 30.6 Å². The van der Waals surface area contributed by atoms with Gasteiger partial charge in [0.1, 0.15) is 0 Å². The van der Waals surface area contributed by atoms with Crippen LogP contribution >= 0.6 is 0 Å². The van der Waals surface area contributed by atoms with E-state index in [0.29, 0.717) is 10.6 Å². The van der Waals surface area contributed by atoms with Gasteiger partial charge in [0.25, 0.3) is 10.0 Å². The Morgan fingerprint density at radius 2 is 1.58 bits per heavy atom. The van der Waals surface area contributed by atoms with Crippen LogP contribution in [0.5, 0.6) is 0 Å². The van der Waals surface area contributed by atoms with E-state index in [9.17, 15) is 8.42 Å². The van der Waals surface area contributed by atoms with Crippen LogP contribution in [0.4, 0.5) is 11.4 Å². The summed E-state index contributed by atoms with van der Waals surface area (Å²) in [7, 11) is 0.491. The molecule has 3 rings (SSSR count). The molecule has 0 saturated carbocycles. The third-order valence-corrected chi connectivity index (χ3v) is 6.03. The van der Waals surface area contributed by atoms with Gasteiger partial charge in [-0.25, -0.2) is 8.42 Å². The highest BCUT2D eigenvalue weighted by Crippen LogP contribution is 2.25. The summed E-state index contributed by atoms with van der Waals surface area (Å²) in [6, 6.07) is 12.8. The molecule has 26 heavy (non-hydrogen) atoms. The third kappa shape index (κ3) is 4.77. The lowest BCUT2D eigenvalue weighted by atomic mass is 9.92. The average molecular weight is 374 g/mol. The first-order chi connectivity index (χ1) is 12.4. The second kappa shape index (κ2) is 8.10. The summed E-state index contributed by atoms with van der Waals surface area (Å²) >= 11 is 0. The number of sulfonamides is 1. The van der Waals surface area contributed by atoms with E-state index in [-0.39, 0.29) is 0 Å². The molecule has 5 nitrogen and oxygen atoms in total. The van der Waals surface area contributed by atoms with Crippen LogP contribution in [-0.2, 0) is 22.9 Å². The van der Waals surface area contributed by atoms with Crippen LogP contribution < -0.4 is 10.0 Å². The van der Waals surface area contributed by atoms with Gasteiger partial charge in [0.2, 0.25) is 0 Å². The SMILES string of the molecule is CN(C)CCNc1ccc(NS(=O)(=O)c2ccc3c(c2)CCCC3)cc1. The maximum Gasteiger partial charge on any atom is 0.261 e. The Balaban J connectivity index is 1.67. The van der Waals surface area contributed by atoms with Crippen molar-refractivity contribution >= 4 is 21.4 Å². The Bertz CT molecular complexity index is 846. The zero-order valence-corrected chi connectivity index (χ0v) is 16.3. The molecule has 0 fully saturated rings. The maximum atomic E-state index is 12.7. The molecule has 0 unspecified atom stereocenters. The molecule has 0 spiro atoms. The molecule has 2 aromatic rings. The van der Waals surface area contributed by atoms with Gasteiger partial charge in [-0.3, -0.25) is 4.72 Å². The first-order valence-corrected chi connectivity index (χ1v) is 10.6. The second-order valence-electron chi connectivity index (χ2n) is 7.05. The van der Waals surface area contributed by atoms with Crippen LogP contribution in [0.3, 0.4) is 0 Å². The van der Waals surface area contributed by atoms with E-state index < -0.39 is 10.0 Å². The van der Waals surface area contributed by atoms with E-state index in [1.165, 1.54) is 17.5 Å². The Morgan fingerprint density at radius 1 is 0.923 bits per heavy atom. The number of nitrogens with one attached hydrogen (secondary N) is 2. The lowest BCUT2D eigenvalue weighted by Gasteiger charge is -2.17. The van der Waals surface area contributed by atoms with E-state index in [2.05, 4.69) is 14.9 Å². The van der Waals surface area contributed by atoms with Crippen molar-refractivity contribution in [3.05, 3.63) is 53.6 Å². The zero-order chi connectivity index (χ0) is 18.6. The van der Waals surface area contributed by atoms with Gasteiger partial charge in [0.15, 0.2) is 0 Å². The molecule has 1 aliphatic rings. The molecule has 0 radical (unpaired) electrons. The molecule has 0 heterocycles. The Kier molecular flexibility index (Phi) is 5.84. The number of fused-ring (bicyclic) bond motifs is 1. The number of hydrogen-bond acceptors (Lipinski definition) is 4. The normalized spacial score (nSPS) is 14.1. The Labute approximate surface area is 156 Å². The standard InChI is InChI=1S/C20H27N3O2S/c1-23(2)14-13-21-18-8-10-19(11-9-18)22-26(24,25)20-12-7-16-5-3-4-6-17(16)15-20/h7-12,15,21-22H,3-6,13-14H2,1-2H3. The summed E-state index contributed by atoms with van der Waals surface area (Å²) in [5.41, 5.74) is 3.99. The minimum Gasteiger partial charge on any atom is -0.384 e. The number of nitrogens with zero attached hydrogens (tertiary/aromatic N) is 1. The van der Waals surface area contributed by atoms with E-state index >= 15 is 0 Å². The fourth-order valence-electron chi connectivity index (χ4n) is 3.17. The summed E-state index contributed by atoms with van der Waals surface area (Å²) in [6.45, 7) is 1.78. The quantitative estimate of drug-likeness (QED) is 0.781. The summed E-state index contributed by atoms with van der Waals surface area (Å²) in [5.74, 6) is 0. The molecule has 6 heteroatoms. The number of benzene rings is 2. The topological polar surface area (TPSA) is 61.4 Å². The number of aryl methyl sites for hydroxylation is 2. The van der Waals surface area contributed by atoms with Gasteiger partial charge < -0.3 is 10.2 Å². The van der Waals surface area contributed by atoms with Crippen LogP contribution in [0.15, 0.2) is 47.4 Å². The Morgan fingerprint density at radius 3 is 2.27 bits per heavy atom. The predicted octanol–water partition coefficient (Wildman–Crippen LogP) is 3.34. The van der Waals surface area contributed by atoms with Gasteiger partial charge in [0, 0.05) is 24.5 Å². The smallest absolute Gasteiger partial charge is 0.261 e. The van der Waals surface area contributed by atoms with E-state index in [4.69, 9.17) is 0 Å². The summed E-state index contributed by atoms with van der Waals surface area (Å²) in [6.07, 6.45) is 4.33. The number of anilines is 2. The highest BCUT2D eigenvalue weighted by Gasteiger charge is 2.17. The van der Waals surface area contributed by atoms with Crippen molar-refractivity contribution in [3.8, 4) is 0 Å². The van der Waals surface area contributed by atoms with Gasteiger partial charge in [-0.2, -0.15) is 0 Å². The average Bonchev–Trinajstić information content (AvgIpc) is 2.62. The number of rotatable bonds is 7. The van der Waals surface area contributed by atoms with Crippen LogP contribution in [0.1, 0.15) is 24.0 Å². The zero-order valence-electron chi connectivity index (χ0n) is 15.5. The van der Waals surface area contributed by atoms with Crippen LogP contribution in [0.2, 0.25) is 0 Å². The van der Waals surface area contributed by atoms with Crippen molar-refractivity contribution in [1.29, 1.82) is 0 Å². The van der Waals surface area contributed by atoms with Crippen molar-refractivity contribution in [2.24, 2.45) is 0 Å². The van der Waals surface area contributed by atoms with Gasteiger partial charge in [0.05, 0.1) is 4.90 Å².